The molecule has 2 aromatic carbocycles. The van der Waals surface area contributed by atoms with Crippen LogP contribution in [0.2, 0.25) is 0 Å². The van der Waals surface area contributed by atoms with E-state index < -0.39 is 21.7 Å². The Hall–Kier alpha value is -3.37. The first-order valence-corrected chi connectivity index (χ1v) is 12.1. The molecule has 7 nitrogen and oxygen atoms in total. The first-order valence-electron chi connectivity index (χ1n) is 10.7. The molecule has 10 heteroatoms. The largest absolute Gasteiger partial charge is 0.455 e. The van der Waals surface area contributed by atoms with E-state index in [4.69, 9.17) is 4.74 Å². The van der Waals surface area contributed by atoms with Crippen LogP contribution in [0.1, 0.15) is 18.4 Å². The number of nitrogens with zero attached hydrogens (tertiary/aromatic N) is 2. The molecular weight excluding hydrogens is 464 g/mol. The molecule has 1 fully saturated rings. The number of sulfonamides is 1. The molecule has 1 aliphatic heterocycles. The molecule has 4 rings (SSSR count). The van der Waals surface area contributed by atoms with Gasteiger partial charge >= 0.3 is 0 Å². The van der Waals surface area contributed by atoms with Gasteiger partial charge < -0.3 is 10.1 Å². The first-order chi connectivity index (χ1) is 16.2. The van der Waals surface area contributed by atoms with E-state index in [0.717, 1.165) is 17.7 Å². The highest BCUT2D eigenvalue weighted by Gasteiger charge is 2.32. The van der Waals surface area contributed by atoms with Gasteiger partial charge in [-0.1, -0.05) is 0 Å². The Kier molecular flexibility index (Phi) is 6.90. The summed E-state index contributed by atoms with van der Waals surface area (Å²) in [6.07, 6.45) is 3.89. The highest BCUT2D eigenvalue weighted by Crippen LogP contribution is 2.29. The van der Waals surface area contributed by atoms with Crippen molar-refractivity contribution in [3.05, 3.63) is 78.1 Å². The van der Waals surface area contributed by atoms with E-state index in [1.807, 2.05) is 6.92 Å². The van der Waals surface area contributed by atoms with Gasteiger partial charge in [-0.05, 0) is 73.9 Å². The fourth-order valence-electron chi connectivity index (χ4n) is 3.77. The predicted octanol–water partition coefficient (Wildman–Crippen LogP) is 4.50. The van der Waals surface area contributed by atoms with Crippen LogP contribution in [0.4, 0.5) is 14.5 Å². The lowest BCUT2D eigenvalue weighted by atomic mass is 9.97. The Morgan fingerprint density at radius 1 is 1.09 bits per heavy atom. The molecule has 0 bridgehead atoms. The molecule has 1 aromatic heterocycles. The molecule has 0 aliphatic carbocycles. The summed E-state index contributed by atoms with van der Waals surface area (Å²) in [6.45, 7) is 2.08. The van der Waals surface area contributed by atoms with E-state index >= 15 is 0 Å². The maximum absolute atomic E-state index is 13.5. The highest BCUT2D eigenvalue weighted by molar-refractivity contribution is 7.89. The van der Waals surface area contributed by atoms with Crippen LogP contribution in [-0.4, -0.2) is 36.7 Å². The normalized spacial score (nSPS) is 15.1. The second-order valence-corrected chi connectivity index (χ2v) is 9.95. The van der Waals surface area contributed by atoms with Crippen LogP contribution in [0.15, 0.2) is 65.8 Å². The minimum Gasteiger partial charge on any atom is -0.455 e. The van der Waals surface area contributed by atoms with E-state index in [1.54, 1.807) is 42.7 Å². The number of nitrogens with one attached hydrogen (secondary N) is 1. The number of pyridine rings is 1. The van der Waals surface area contributed by atoms with Crippen molar-refractivity contribution in [2.45, 2.75) is 24.7 Å². The lowest BCUT2D eigenvalue weighted by molar-refractivity contribution is -0.120. The Morgan fingerprint density at radius 2 is 1.85 bits per heavy atom. The Bertz CT molecular complexity index is 1290. The topological polar surface area (TPSA) is 88.6 Å². The number of amides is 1. The molecule has 0 unspecified atom stereocenters. The zero-order chi connectivity index (χ0) is 24.3. The molecule has 0 saturated carbocycles. The second-order valence-electron chi connectivity index (χ2n) is 8.01. The molecule has 0 atom stereocenters. The maximum atomic E-state index is 13.5. The number of ether oxygens (including phenoxy) is 1. The number of piperidine rings is 1. The fraction of sp³-hybridized carbons (Fsp3) is 0.250. The molecule has 2 heterocycles. The minimum absolute atomic E-state index is 0.107. The third-order valence-electron chi connectivity index (χ3n) is 5.66. The van der Waals surface area contributed by atoms with Crippen molar-refractivity contribution in [3.8, 4) is 11.5 Å². The number of rotatable bonds is 6. The van der Waals surface area contributed by atoms with Crippen LogP contribution >= 0.6 is 0 Å². The fourth-order valence-corrected chi connectivity index (χ4v) is 5.25. The number of carbonyl (C=O) groups excluding carboxylic acids is 1. The number of carbonyl (C=O) groups is 1. The summed E-state index contributed by atoms with van der Waals surface area (Å²) in [5, 5.41) is 2.88. The van der Waals surface area contributed by atoms with Crippen molar-refractivity contribution in [2.75, 3.05) is 18.4 Å². The Labute approximate surface area is 196 Å². The molecule has 0 spiro atoms. The zero-order valence-corrected chi connectivity index (χ0v) is 19.2. The van der Waals surface area contributed by atoms with Crippen molar-refractivity contribution in [1.82, 2.24) is 9.29 Å². The van der Waals surface area contributed by atoms with E-state index in [1.165, 1.54) is 4.31 Å². The lowest BCUT2D eigenvalue weighted by Gasteiger charge is -2.30. The van der Waals surface area contributed by atoms with Crippen LogP contribution in [0, 0.1) is 24.5 Å². The summed E-state index contributed by atoms with van der Waals surface area (Å²) in [5.74, 6) is -1.66. The van der Waals surface area contributed by atoms with Gasteiger partial charge in [-0.2, -0.15) is 4.31 Å². The van der Waals surface area contributed by atoms with Crippen molar-refractivity contribution in [2.24, 2.45) is 5.92 Å². The predicted molar refractivity (Wildman–Crippen MR) is 122 cm³/mol. The number of aromatic nitrogens is 1. The van der Waals surface area contributed by atoms with E-state index in [9.17, 15) is 22.0 Å². The van der Waals surface area contributed by atoms with Crippen LogP contribution < -0.4 is 10.1 Å². The van der Waals surface area contributed by atoms with Crippen molar-refractivity contribution in [3.63, 3.8) is 0 Å². The third kappa shape index (κ3) is 5.23. The van der Waals surface area contributed by atoms with Crippen molar-refractivity contribution >= 4 is 21.6 Å². The number of aryl methyl sites for hydroxylation is 1. The quantitative estimate of drug-likeness (QED) is 0.553. The van der Waals surface area contributed by atoms with Gasteiger partial charge in [-0.25, -0.2) is 17.2 Å². The molecule has 1 N–H and O–H groups in total. The number of anilines is 1. The molecule has 1 amide bonds. The molecule has 1 saturated heterocycles. The van der Waals surface area contributed by atoms with Gasteiger partial charge in [0.2, 0.25) is 15.9 Å². The third-order valence-corrected chi connectivity index (χ3v) is 7.55. The Morgan fingerprint density at radius 3 is 2.50 bits per heavy atom. The van der Waals surface area contributed by atoms with Gasteiger partial charge in [0.1, 0.15) is 11.5 Å². The average molecular weight is 488 g/mol. The summed E-state index contributed by atoms with van der Waals surface area (Å²) in [5.41, 5.74) is 1.44. The number of hydrogen-bond acceptors (Lipinski definition) is 5. The monoisotopic (exact) mass is 487 g/mol. The SMILES string of the molecule is Cc1cc(NC(=O)C2CCN(S(=O)(=O)c3ccc(F)c(F)c3)CC2)ccc1Oc1cccnc1. The molecule has 3 aromatic rings. The lowest BCUT2D eigenvalue weighted by Crippen LogP contribution is -2.41. The smallest absolute Gasteiger partial charge is 0.243 e. The standard InChI is InChI=1S/C24H23F2N3O4S/c1-16-13-18(4-7-23(16)33-19-3-2-10-27-15-19)28-24(30)17-8-11-29(12-9-17)34(31,32)20-5-6-21(25)22(26)14-20/h2-7,10,13-15,17H,8-9,11-12H2,1H3,(H,28,30). The molecular formula is C24H23F2N3O4S. The van der Waals surface area contributed by atoms with Crippen LogP contribution in [-0.2, 0) is 14.8 Å². The number of hydrogen-bond donors (Lipinski definition) is 1. The summed E-state index contributed by atoms with van der Waals surface area (Å²) in [6, 6.07) is 11.4. The van der Waals surface area contributed by atoms with Crippen LogP contribution in [0.5, 0.6) is 11.5 Å². The zero-order valence-electron chi connectivity index (χ0n) is 18.4. The van der Waals surface area contributed by atoms with E-state index in [-0.39, 0.29) is 29.8 Å². The minimum atomic E-state index is -3.97. The second kappa shape index (κ2) is 9.86. The number of halogens is 2. The van der Waals surface area contributed by atoms with Gasteiger partial charge in [0.05, 0.1) is 11.1 Å². The van der Waals surface area contributed by atoms with Gasteiger partial charge in [0, 0.05) is 30.9 Å². The highest BCUT2D eigenvalue weighted by atomic mass is 32.2. The first kappa shape index (κ1) is 23.8. The summed E-state index contributed by atoms with van der Waals surface area (Å²) < 4.78 is 59.1. The molecule has 0 radical (unpaired) electrons. The van der Waals surface area contributed by atoms with Crippen molar-refractivity contribution < 1.29 is 26.7 Å². The summed E-state index contributed by atoms with van der Waals surface area (Å²) in [7, 11) is -3.97. The summed E-state index contributed by atoms with van der Waals surface area (Å²) in [4.78, 5) is 16.5. The molecule has 1 aliphatic rings. The maximum Gasteiger partial charge on any atom is 0.243 e. The Balaban J connectivity index is 1.35. The average Bonchev–Trinajstić information content (AvgIpc) is 2.83. The summed E-state index contributed by atoms with van der Waals surface area (Å²) >= 11 is 0. The molecule has 178 valence electrons. The van der Waals surface area contributed by atoms with Crippen molar-refractivity contribution in [1.29, 1.82) is 0 Å². The van der Waals surface area contributed by atoms with Gasteiger partial charge in [0.25, 0.3) is 0 Å². The van der Waals surface area contributed by atoms with Gasteiger partial charge in [-0.3, -0.25) is 9.78 Å². The van der Waals surface area contributed by atoms with Crippen LogP contribution in [0.3, 0.4) is 0 Å². The van der Waals surface area contributed by atoms with E-state index in [0.29, 0.717) is 36.1 Å². The van der Waals surface area contributed by atoms with Gasteiger partial charge in [-0.15, -0.1) is 0 Å². The van der Waals surface area contributed by atoms with Crippen LogP contribution in [0.25, 0.3) is 0 Å². The molecule has 34 heavy (non-hydrogen) atoms. The van der Waals surface area contributed by atoms with E-state index in [2.05, 4.69) is 10.3 Å². The number of benzene rings is 2. The van der Waals surface area contributed by atoms with Gasteiger partial charge in [0.15, 0.2) is 11.6 Å².